The van der Waals surface area contributed by atoms with Crippen LogP contribution in [-0.4, -0.2) is 51.8 Å². The van der Waals surface area contributed by atoms with Gasteiger partial charge < -0.3 is 19.7 Å². The lowest BCUT2D eigenvalue weighted by Crippen LogP contribution is -2.65. The fraction of sp³-hybridized carbons (Fsp3) is 0.853. The Bertz CT molecular complexity index is 1120. The van der Waals surface area contributed by atoms with Gasteiger partial charge in [-0.2, -0.15) is 0 Å². The van der Waals surface area contributed by atoms with Crippen LogP contribution >= 0.6 is 0 Å². The Kier molecular flexibility index (Phi) is 8.22. The van der Waals surface area contributed by atoms with E-state index >= 15 is 0 Å². The van der Waals surface area contributed by atoms with Crippen LogP contribution in [0.5, 0.6) is 0 Å². The number of rotatable bonds is 5. The maximum Gasteiger partial charge on any atom is 0.302 e. The number of epoxide rings is 1. The molecule has 41 heavy (non-hydrogen) atoms. The fourth-order valence-corrected chi connectivity index (χ4v) is 10.4. The molecule has 5 rings (SSSR count). The summed E-state index contributed by atoms with van der Waals surface area (Å²) in [6.07, 6.45) is 6.64. The van der Waals surface area contributed by atoms with Gasteiger partial charge in [-0.3, -0.25) is 14.4 Å². The molecule has 7 nitrogen and oxygen atoms in total. The number of allylic oxidation sites excluding steroid dienone is 1. The second-order valence-electron chi connectivity index (χ2n) is 15.7. The highest BCUT2D eigenvalue weighted by molar-refractivity contribution is 5.85. The molecule has 1 saturated heterocycles. The average Bonchev–Trinajstić information content (AvgIpc) is 3.32. The number of aliphatic hydroxyl groups is 1. The van der Waals surface area contributed by atoms with E-state index in [4.69, 9.17) is 19.4 Å². The van der Waals surface area contributed by atoms with Gasteiger partial charge in [-0.15, -0.1) is 0 Å². The monoisotopic (exact) mass is 574 g/mol. The summed E-state index contributed by atoms with van der Waals surface area (Å²) in [6, 6.07) is 0. The number of carboxylic acid groups (broad SMARTS) is 1. The summed E-state index contributed by atoms with van der Waals surface area (Å²) < 4.78 is 11.7. The van der Waals surface area contributed by atoms with E-state index in [9.17, 15) is 14.7 Å². The van der Waals surface area contributed by atoms with Crippen LogP contribution in [0.4, 0.5) is 0 Å². The predicted molar refractivity (Wildman–Crippen MR) is 157 cm³/mol. The molecule has 5 aliphatic rings. The van der Waals surface area contributed by atoms with Gasteiger partial charge in [0.25, 0.3) is 5.97 Å². The largest absolute Gasteiger partial charge is 0.481 e. The number of carboxylic acids is 1. The summed E-state index contributed by atoms with van der Waals surface area (Å²) in [7, 11) is 0. The zero-order valence-corrected chi connectivity index (χ0v) is 27.1. The lowest BCUT2D eigenvalue weighted by atomic mass is 9.36. The topological polar surface area (TPSA) is 113 Å². The molecule has 0 bridgehead atoms. The van der Waals surface area contributed by atoms with Crippen LogP contribution in [0.25, 0.3) is 0 Å². The van der Waals surface area contributed by atoms with Crippen LogP contribution in [0.15, 0.2) is 11.1 Å². The van der Waals surface area contributed by atoms with Gasteiger partial charge in [0, 0.05) is 25.7 Å². The smallest absolute Gasteiger partial charge is 0.302 e. The van der Waals surface area contributed by atoms with Crippen molar-refractivity contribution in [3.63, 3.8) is 0 Å². The van der Waals surface area contributed by atoms with Crippen molar-refractivity contribution in [2.45, 2.75) is 145 Å². The van der Waals surface area contributed by atoms with Gasteiger partial charge in [0.15, 0.2) is 0 Å². The Balaban J connectivity index is 0.000000909. The Morgan fingerprint density at radius 3 is 2.15 bits per heavy atom. The Morgan fingerprint density at radius 1 is 1.02 bits per heavy atom. The third-order valence-electron chi connectivity index (χ3n) is 12.5. The standard InChI is InChI=1S/C32H50O5.C2H4O2/c1-18(16-23(36-19(2)33)27-29(5,6)37-27)20-10-14-31(8)21(20)17-22(34)26-30(7)13-12-25(35)28(3,4)24(30)11-15-32(26,31)9;1-2(3)4/h18,22-24,26-27,34H,10-17H2,1-9H3;1H3,(H,3,4)/t18-,22+,23+,24?,26?,27-,30+,31+,32+;/m1./s1. The minimum atomic E-state index is -0.833. The summed E-state index contributed by atoms with van der Waals surface area (Å²) >= 11 is 0. The van der Waals surface area contributed by atoms with Gasteiger partial charge in [0.1, 0.15) is 18.0 Å². The molecule has 0 spiro atoms. The van der Waals surface area contributed by atoms with Crippen molar-refractivity contribution in [1.82, 2.24) is 0 Å². The van der Waals surface area contributed by atoms with Gasteiger partial charge >= 0.3 is 5.97 Å². The Hall–Kier alpha value is -1.73. The van der Waals surface area contributed by atoms with E-state index in [0.29, 0.717) is 18.1 Å². The summed E-state index contributed by atoms with van der Waals surface area (Å²) in [6.45, 7) is 20.6. The van der Waals surface area contributed by atoms with Crippen LogP contribution in [0, 0.1) is 39.4 Å². The molecular weight excluding hydrogens is 520 g/mol. The van der Waals surface area contributed by atoms with Crippen molar-refractivity contribution in [3.05, 3.63) is 11.1 Å². The number of esters is 1. The normalized spacial score (nSPS) is 41.6. The molecule has 4 aliphatic carbocycles. The molecular formula is C34H54O7. The molecule has 3 saturated carbocycles. The molecule has 1 heterocycles. The van der Waals surface area contributed by atoms with E-state index in [1.54, 1.807) is 0 Å². The molecule has 2 N–H and O–H groups in total. The summed E-state index contributed by atoms with van der Waals surface area (Å²) in [5, 5.41) is 19.3. The fourth-order valence-electron chi connectivity index (χ4n) is 10.4. The van der Waals surface area contributed by atoms with Crippen LogP contribution in [0.1, 0.15) is 121 Å². The van der Waals surface area contributed by atoms with Crippen molar-refractivity contribution < 1.29 is 34.1 Å². The average molecular weight is 575 g/mol. The van der Waals surface area contributed by atoms with Gasteiger partial charge in [0.05, 0.1) is 11.7 Å². The van der Waals surface area contributed by atoms with Crippen molar-refractivity contribution in [2.75, 3.05) is 0 Å². The summed E-state index contributed by atoms with van der Waals surface area (Å²) in [4.78, 5) is 33.8. The molecule has 9 atom stereocenters. The Morgan fingerprint density at radius 2 is 1.61 bits per heavy atom. The Labute approximate surface area is 246 Å². The van der Waals surface area contributed by atoms with Crippen LogP contribution < -0.4 is 0 Å². The first-order chi connectivity index (χ1) is 18.7. The molecule has 0 aromatic heterocycles. The molecule has 0 amide bonds. The second-order valence-corrected chi connectivity index (χ2v) is 15.7. The number of ether oxygens (including phenoxy) is 2. The van der Waals surface area contributed by atoms with E-state index in [1.165, 1.54) is 18.1 Å². The number of carbonyl (C=O) groups excluding carboxylic acids is 2. The van der Waals surface area contributed by atoms with E-state index in [1.807, 2.05) is 0 Å². The van der Waals surface area contributed by atoms with Gasteiger partial charge in [-0.05, 0) is 92.8 Å². The molecule has 2 unspecified atom stereocenters. The van der Waals surface area contributed by atoms with Crippen LogP contribution in [0.2, 0.25) is 0 Å². The SMILES string of the molecule is CC(=O)O.CC(=O)O[C@@H](C[C@@H](C)C1=C2C[C@H](O)C3[C@@]4(C)CCC(=O)C(C)(C)C4CC[C@]3(C)[C@@]2(C)CC1)[C@H]1OC1(C)C. The number of fused-ring (bicyclic) bond motifs is 5. The number of aliphatic hydroxyl groups excluding tert-OH is 1. The summed E-state index contributed by atoms with van der Waals surface area (Å²) in [5.74, 6) is 0.113. The van der Waals surface area contributed by atoms with Crippen LogP contribution in [-0.2, 0) is 23.9 Å². The van der Waals surface area contributed by atoms with Crippen molar-refractivity contribution in [1.29, 1.82) is 0 Å². The molecule has 0 radical (unpaired) electrons. The first-order valence-corrected chi connectivity index (χ1v) is 15.7. The number of ketones is 1. The van der Waals surface area contributed by atoms with Crippen molar-refractivity contribution in [3.8, 4) is 0 Å². The maximum absolute atomic E-state index is 12.9. The minimum absolute atomic E-state index is 0.0000676. The number of hydrogen-bond acceptors (Lipinski definition) is 6. The highest BCUT2D eigenvalue weighted by Crippen LogP contribution is 2.74. The number of carbonyl (C=O) groups is 3. The first kappa shape index (κ1) is 32.2. The van der Waals surface area contributed by atoms with E-state index < -0.39 is 5.97 Å². The predicted octanol–water partition coefficient (Wildman–Crippen LogP) is 6.50. The highest BCUT2D eigenvalue weighted by Gasteiger charge is 2.69. The zero-order valence-electron chi connectivity index (χ0n) is 27.1. The maximum atomic E-state index is 12.9. The van der Waals surface area contributed by atoms with Crippen molar-refractivity contribution >= 4 is 17.7 Å². The quantitative estimate of drug-likeness (QED) is 0.219. The first-order valence-electron chi connectivity index (χ1n) is 15.7. The van der Waals surface area contributed by atoms with E-state index in [-0.39, 0.29) is 63.4 Å². The number of hydrogen-bond donors (Lipinski definition) is 2. The van der Waals surface area contributed by atoms with E-state index in [0.717, 1.165) is 51.9 Å². The second kappa shape index (κ2) is 10.5. The minimum Gasteiger partial charge on any atom is -0.481 e. The molecule has 0 aromatic carbocycles. The zero-order chi connectivity index (χ0) is 30.9. The van der Waals surface area contributed by atoms with Gasteiger partial charge in [-0.1, -0.05) is 52.7 Å². The van der Waals surface area contributed by atoms with E-state index in [2.05, 4.69) is 55.4 Å². The number of Topliss-reactive ketones (excluding diaryl/α,β-unsaturated/α-hetero) is 1. The number of aliphatic carboxylic acids is 1. The third-order valence-corrected chi connectivity index (χ3v) is 12.5. The van der Waals surface area contributed by atoms with Gasteiger partial charge in [0.2, 0.25) is 0 Å². The lowest BCUT2D eigenvalue weighted by Gasteiger charge is -2.69. The van der Waals surface area contributed by atoms with Crippen LogP contribution in [0.3, 0.4) is 0 Å². The molecule has 0 aromatic rings. The molecule has 1 aliphatic heterocycles. The highest BCUT2D eigenvalue weighted by atomic mass is 16.6. The molecule has 7 heteroatoms. The third kappa shape index (κ3) is 5.21. The molecule has 232 valence electrons. The van der Waals surface area contributed by atoms with Gasteiger partial charge in [-0.25, -0.2) is 0 Å². The lowest BCUT2D eigenvalue weighted by molar-refractivity contribution is -0.208. The van der Waals surface area contributed by atoms with Crippen molar-refractivity contribution in [2.24, 2.45) is 39.4 Å². The summed E-state index contributed by atoms with van der Waals surface area (Å²) in [5.41, 5.74) is 2.41. The molecule has 4 fully saturated rings.